The summed E-state index contributed by atoms with van der Waals surface area (Å²) in [6.07, 6.45) is 17.5. The molecule has 0 heterocycles. The largest absolute Gasteiger partial charge is 0.179 e. The fraction of sp³-hybridized carbons (Fsp3) is 1.00. The third-order valence-electron chi connectivity index (χ3n) is 3.38. The van der Waals surface area contributed by atoms with Crippen LogP contribution in [0.4, 0.5) is 0 Å². The molecule has 0 saturated carbocycles. The summed E-state index contributed by atoms with van der Waals surface area (Å²) >= 11 is 16.6. The Kier molecular flexibility index (Phi) is 30.9. The summed E-state index contributed by atoms with van der Waals surface area (Å²) in [6.45, 7) is 0. The molecule has 0 aromatic heterocycles. The molecule has 0 atom stereocenters. The smallest absolute Gasteiger partial charge is 0.00979 e. The van der Waals surface area contributed by atoms with Gasteiger partial charge in [-0.25, -0.2) is 0 Å². The highest BCUT2D eigenvalue weighted by atomic mass is 32.1. The highest BCUT2D eigenvalue weighted by Gasteiger charge is 1.89. The maximum atomic E-state index is 4.17. The molecule has 0 radical (unpaired) electrons. The summed E-state index contributed by atoms with van der Waals surface area (Å²) in [7, 11) is 0. The van der Waals surface area contributed by atoms with Crippen molar-refractivity contribution in [3.8, 4) is 0 Å². The van der Waals surface area contributed by atoms with E-state index >= 15 is 0 Å². The van der Waals surface area contributed by atoms with Crippen molar-refractivity contribution in [3.63, 3.8) is 0 Å². The van der Waals surface area contributed by atoms with Crippen LogP contribution in [0.15, 0.2) is 0 Å². The Morgan fingerprint density at radius 1 is 0.238 bits per heavy atom. The van der Waals surface area contributed by atoms with E-state index in [4.69, 9.17) is 0 Å². The Balaban J connectivity index is 0. The average molecular weight is 371 g/mol. The first-order valence-electron chi connectivity index (χ1n) is 8.76. The van der Waals surface area contributed by atoms with Crippen LogP contribution in [0.2, 0.25) is 0 Å². The van der Waals surface area contributed by atoms with E-state index < -0.39 is 0 Å². The Morgan fingerprint density at radius 2 is 0.381 bits per heavy atom. The molecule has 0 aliphatic carbocycles. The number of hydrogen-bond acceptors (Lipinski definition) is 4. The van der Waals surface area contributed by atoms with Crippen LogP contribution in [0.3, 0.4) is 0 Å². The van der Waals surface area contributed by atoms with Crippen LogP contribution in [0.1, 0.15) is 83.5 Å². The van der Waals surface area contributed by atoms with E-state index in [1.165, 1.54) is 83.5 Å². The summed E-state index contributed by atoms with van der Waals surface area (Å²) < 4.78 is 0. The maximum absolute atomic E-state index is 4.17. The summed E-state index contributed by atoms with van der Waals surface area (Å²) in [5.41, 5.74) is 0. The number of hydrogen-bond donors (Lipinski definition) is 4. The molecule has 4 heteroatoms. The normalized spacial score (nSPS) is 10.3. The molecule has 0 saturated heterocycles. The molecule has 130 valence electrons. The molecular weight excluding hydrogens is 332 g/mol. The minimum atomic E-state index is 1.05. The first-order chi connectivity index (χ1) is 10.3. The monoisotopic (exact) mass is 370 g/mol. The quantitative estimate of drug-likeness (QED) is 0.177. The number of thiol groups is 4. The van der Waals surface area contributed by atoms with Gasteiger partial charge in [-0.3, -0.25) is 0 Å². The van der Waals surface area contributed by atoms with Gasteiger partial charge in [-0.15, -0.1) is 0 Å². The van der Waals surface area contributed by atoms with Gasteiger partial charge < -0.3 is 0 Å². The first-order valence-corrected chi connectivity index (χ1v) is 11.3. The van der Waals surface area contributed by atoms with Crippen LogP contribution in [0, 0.1) is 0 Å². The van der Waals surface area contributed by atoms with Crippen molar-refractivity contribution in [3.05, 3.63) is 0 Å². The van der Waals surface area contributed by atoms with Crippen LogP contribution >= 0.6 is 50.5 Å². The topological polar surface area (TPSA) is 0 Å². The van der Waals surface area contributed by atoms with Crippen molar-refractivity contribution in [2.45, 2.75) is 83.5 Å². The lowest BCUT2D eigenvalue weighted by atomic mass is 10.1. The predicted octanol–water partition coefficient (Wildman–Crippen LogP) is 6.76. The van der Waals surface area contributed by atoms with Gasteiger partial charge in [0.15, 0.2) is 0 Å². The molecule has 0 rings (SSSR count). The molecule has 0 unspecified atom stereocenters. The third-order valence-corrected chi connectivity index (χ3v) is 4.65. The molecule has 0 amide bonds. The minimum Gasteiger partial charge on any atom is -0.179 e. The molecule has 0 aromatic rings. The number of rotatable bonds is 15. The van der Waals surface area contributed by atoms with Gasteiger partial charge in [0.2, 0.25) is 0 Å². The van der Waals surface area contributed by atoms with E-state index in [9.17, 15) is 0 Å². The van der Waals surface area contributed by atoms with Crippen molar-refractivity contribution in [2.75, 3.05) is 23.0 Å². The van der Waals surface area contributed by atoms with Crippen molar-refractivity contribution >= 4 is 50.5 Å². The van der Waals surface area contributed by atoms with Crippen molar-refractivity contribution in [1.82, 2.24) is 0 Å². The SMILES string of the molecule is SCCCCCCCCCS.SCCCCCCCCS. The molecule has 0 aromatic carbocycles. The van der Waals surface area contributed by atoms with E-state index in [0.29, 0.717) is 0 Å². The van der Waals surface area contributed by atoms with Gasteiger partial charge in [0.05, 0.1) is 0 Å². The van der Waals surface area contributed by atoms with E-state index in [0.717, 1.165) is 23.0 Å². The lowest BCUT2D eigenvalue weighted by molar-refractivity contribution is 0.606. The van der Waals surface area contributed by atoms with E-state index in [1.807, 2.05) is 0 Å². The molecule has 21 heavy (non-hydrogen) atoms. The Bertz CT molecular complexity index is 138. The van der Waals surface area contributed by atoms with Crippen LogP contribution in [-0.4, -0.2) is 23.0 Å². The molecule has 0 aliphatic rings. The fourth-order valence-electron chi connectivity index (χ4n) is 2.04. The molecule has 0 N–H and O–H groups in total. The second-order valence-corrected chi connectivity index (χ2v) is 7.28. The molecule has 0 bridgehead atoms. The summed E-state index contributed by atoms with van der Waals surface area (Å²) in [4.78, 5) is 0. The lowest BCUT2D eigenvalue weighted by Crippen LogP contribution is -1.81. The predicted molar refractivity (Wildman–Crippen MR) is 115 cm³/mol. The van der Waals surface area contributed by atoms with Crippen molar-refractivity contribution in [2.24, 2.45) is 0 Å². The van der Waals surface area contributed by atoms with Crippen LogP contribution in [0.25, 0.3) is 0 Å². The number of unbranched alkanes of at least 4 members (excludes halogenated alkanes) is 11. The Labute approximate surface area is 156 Å². The van der Waals surface area contributed by atoms with Crippen LogP contribution in [-0.2, 0) is 0 Å². The van der Waals surface area contributed by atoms with Crippen LogP contribution < -0.4 is 0 Å². The molecule has 0 spiro atoms. The van der Waals surface area contributed by atoms with E-state index in [-0.39, 0.29) is 0 Å². The zero-order chi connectivity index (χ0) is 16.0. The molecular formula is C17H38S4. The molecule has 0 nitrogen and oxygen atoms in total. The zero-order valence-corrected chi connectivity index (χ0v) is 17.4. The second kappa shape index (κ2) is 26.3. The Hall–Kier alpha value is 1.40. The van der Waals surface area contributed by atoms with Gasteiger partial charge in [-0.05, 0) is 48.7 Å². The van der Waals surface area contributed by atoms with Gasteiger partial charge in [0, 0.05) is 0 Å². The van der Waals surface area contributed by atoms with Crippen LogP contribution in [0.5, 0.6) is 0 Å². The standard InChI is InChI=1S/C9H20S2.C8H18S2/c10-8-6-4-2-1-3-5-7-9-11;9-7-5-3-1-2-4-6-8-10/h10-11H,1-9H2;9-10H,1-8H2. The van der Waals surface area contributed by atoms with Gasteiger partial charge in [0.1, 0.15) is 0 Å². The zero-order valence-electron chi connectivity index (χ0n) is 13.8. The fourth-order valence-corrected chi connectivity index (χ4v) is 2.93. The molecule has 0 aliphatic heterocycles. The van der Waals surface area contributed by atoms with Gasteiger partial charge in [-0.2, -0.15) is 50.5 Å². The van der Waals surface area contributed by atoms with E-state index in [2.05, 4.69) is 50.5 Å². The molecule has 0 fully saturated rings. The lowest BCUT2D eigenvalue weighted by Gasteiger charge is -1.98. The summed E-state index contributed by atoms with van der Waals surface area (Å²) in [5.74, 6) is 4.20. The van der Waals surface area contributed by atoms with Crippen molar-refractivity contribution in [1.29, 1.82) is 0 Å². The van der Waals surface area contributed by atoms with Gasteiger partial charge in [-0.1, -0.05) is 57.8 Å². The van der Waals surface area contributed by atoms with Gasteiger partial charge in [0.25, 0.3) is 0 Å². The highest BCUT2D eigenvalue weighted by Crippen LogP contribution is 2.07. The first kappa shape index (κ1) is 24.6. The van der Waals surface area contributed by atoms with Gasteiger partial charge >= 0.3 is 0 Å². The highest BCUT2D eigenvalue weighted by molar-refractivity contribution is 7.80. The second-order valence-electron chi connectivity index (χ2n) is 5.49. The van der Waals surface area contributed by atoms with E-state index in [1.54, 1.807) is 0 Å². The third kappa shape index (κ3) is 29.9. The van der Waals surface area contributed by atoms with Crippen molar-refractivity contribution < 1.29 is 0 Å². The average Bonchev–Trinajstić information content (AvgIpc) is 2.51. The minimum absolute atomic E-state index is 1.05. The summed E-state index contributed by atoms with van der Waals surface area (Å²) in [6, 6.07) is 0. The summed E-state index contributed by atoms with van der Waals surface area (Å²) in [5, 5.41) is 0. The Morgan fingerprint density at radius 3 is 0.524 bits per heavy atom. The maximum Gasteiger partial charge on any atom is -0.00979 e.